The van der Waals surface area contributed by atoms with E-state index in [9.17, 15) is 14.4 Å². The largest absolute Gasteiger partial charge is 0.465 e. The molecule has 0 atom stereocenters. The SMILES string of the molecule is COC(=O)c1ccc(C(=O)N2CCC3(CC2)C(=O)N(C2CC(N4CCCCC4)C2)c2cc(-c4cc5ncn(C(C)C)c5c(Nc5cc(C(=O)NC(C)C)c(C)cc5F)n4)ccc23)cc1. The van der Waals surface area contributed by atoms with Crippen LogP contribution in [0.15, 0.2) is 67.0 Å². The van der Waals surface area contributed by atoms with Crippen LogP contribution in [0.5, 0.6) is 0 Å². The number of carbonyl (C=O) groups excluding carboxylic acids is 4. The lowest BCUT2D eigenvalue weighted by Gasteiger charge is -2.48. The highest BCUT2D eigenvalue weighted by atomic mass is 19.1. The summed E-state index contributed by atoms with van der Waals surface area (Å²) in [6, 6.07) is 17.9. The molecule has 5 heterocycles. The lowest BCUT2D eigenvalue weighted by molar-refractivity contribution is -0.125. The van der Waals surface area contributed by atoms with Gasteiger partial charge in [-0.2, -0.15) is 0 Å². The van der Waals surface area contributed by atoms with Crippen molar-refractivity contribution in [1.82, 2.24) is 29.7 Å². The van der Waals surface area contributed by atoms with E-state index in [4.69, 9.17) is 14.7 Å². The summed E-state index contributed by atoms with van der Waals surface area (Å²) in [5.74, 6) is -0.929. The first-order valence-electron chi connectivity index (χ1n) is 22.7. The molecule has 2 N–H and O–H groups in total. The van der Waals surface area contributed by atoms with Gasteiger partial charge in [0.2, 0.25) is 5.91 Å². The Morgan fingerprint density at radius 1 is 0.875 bits per heavy atom. The highest BCUT2D eigenvalue weighted by Gasteiger charge is 2.56. The van der Waals surface area contributed by atoms with Crippen LogP contribution in [0.1, 0.15) is 121 Å². The van der Waals surface area contributed by atoms with Gasteiger partial charge in [-0.1, -0.05) is 18.6 Å². The van der Waals surface area contributed by atoms with Gasteiger partial charge in [-0.25, -0.2) is 19.2 Å². The number of ether oxygens (including phenoxy) is 1. The number of halogens is 1. The van der Waals surface area contributed by atoms with Gasteiger partial charge in [0.15, 0.2) is 5.82 Å². The number of esters is 1. The maximum absolute atomic E-state index is 15.8. The molecule has 64 heavy (non-hydrogen) atoms. The first-order chi connectivity index (χ1) is 30.8. The monoisotopic (exact) mass is 868 g/mol. The van der Waals surface area contributed by atoms with E-state index in [1.807, 2.05) is 44.4 Å². The molecular formula is C50H57FN8O5. The van der Waals surface area contributed by atoms with Crippen molar-refractivity contribution in [3.8, 4) is 11.3 Å². The molecule has 3 fully saturated rings. The highest BCUT2D eigenvalue weighted by Crippen LogP contribution is 2.52. The average molecular weight is 869 g/mol. The molecule has 2 aromatic heterocycles. The van der Waals surface area contributed by atoms with Crippen LogP contribution in [0.3, 0.4) is 0 Å². The van der Waals surface area contributed by atoms with Crippen molar-refractivity contribution >= 4 is 51.9 Å². The third-order valence-corrected chi connectivity index (χ3v) is 13.9. The first kappa shape index (κ1) is 43.1. The van der Waals surface area contributed by atoms with Crippen molar-refractivity contribution in [2.75, 3.05) is 43.5 Å². The Morgan fingerprint density at radius 3 is 2.25 bits per heavy atom. The molecule has 1 spiro atoms. The number of imidazole rings is 1. The Bertz CT molecular complexity index is 2640. The van der Waals surface area contributed by atoms with E-state index in [0.29, 0.717) is 76.8 Å². The van der Waals surface area contributed by atoms with Crippen LogP contribution in [0.4, 0.5) is 21.6 Å². The fourth-order valence-electron chi connectivity index (χ4n) is 10.3. The summed E-state index contributed by atoms with van der Waals surface area (Å²) >= 11 is 0. The Hall–Kier alpha value is -6.15. The molecule has 0 radical (unpaired) electrons. The van der Waals surface area contributed by atoms with Crippen LogP contribution >= 0.6 is 0 Å². The van der Waals surface area contributed by atoms with Crippen molar-refractivity contribution in [1.29, 1.82) is 0 Å². The van der Waals surface area contributed by atoms with E-state index in [2.05, 4.69) is 32.6 Å². The molecule has 3 aromatic carbocycles. The topological polar surface area (TPSA) is 142 Å². The Kier molecular flexibility index (Phi) is 11.5. The molecular weight excluding hydrogens is 812 g/mol. The van der Waals surface area contributed by atoms with Crippen LogP contribution in [0.2, 0.25) is 0 Å². The minimum Gasteiger partial charge on any atom is -0.465 e. The summed E-state index contributed by atoms with van der Waals surface area (Å²) in [6.07, 6.45) is 8.20. The van der Waals surface area contributed by atoms with Crippen molar-refractivity contribution in [2.45, 2.75) is 109 Å². The highest BCUT2D eigenvalue weighted by molar-refractivity contribution is 6.10. The zero-order valence-electron chi connectivity index (χ0n) is 37.5. The van der Waals surface area contributed by atoms with Crippen molar-refractivity contribution in [3.63, 3.8) is 0 Å². The number of carbonyl (C=O) groups is 4. The van der Waals surface area contributed by atoms with E-state index in [0.717, 1.165) is 42.7 Å². The van der Waals surface area contributed by atoms with Gasteiger partial charge in [0.25, 0.3) is 11.8 Å². The van der Waals surface area contributed by atoms with Crippen LogP contribution in [0.25, 0.3) is 22.3 Å². The minimum absolute atomic E-state index is 0.0225. The molecule has 13 nitrogen and oxygen atoms in total. The van der Waals surface area contributed by atoms with Crippen LogP contribution < -0.4 is 15.5 Å². The summed E-state index contributed by atoms with van der Waals surface area (Å²) in [6.45, 7) is 12.6. The smallest absolute Gasteiger partial charge is 0.337 e. The van der Waals surface area contributed by atoms with E-state index in [-0.39, 0.29) is 41.5 Å². The summed E-state index contributed by atoms with van der Waals surface area (Å²) in [5, 5.41) is 6.17. The number of nitrogens with zero attached hydrogens (tertiary/aromatic N) is 6. The van der Waals surface area contributed by atoms with Crippen molar-refractivity contribution in [3.05, 3.63) is 101 Å². The number of hydrogen-bond acceptors (Lipinski definition) is 9. The fourth-order valence-corrected chi connectivity index (χ4v) is 10.3. The maximum atomic E-state index is 15.8. The number of nitrogens with one attached hydrogen (secondary N) is 2. The number of amides is 3. The van der Waals surface area contributed by atoms with Crippen LogP contribution in [0, 0.1) is 12.7 Å². The number of piperidine rings is 2. The normalized spacial score (nSPS) is 19.6. The fraction of sp³-hybridized carbons (Fsp3) is 0.440. The van der Waals surface area contributed by atoms with E-state index >= 15 is 9.18 Å². The molecule has 0 bridgehead atoms. The lowest BCUT2D eigenvalue weighted by Crippen LogP contribution is -2.58. The molecule has 14 heteroatoms. The molecule has 1 aliphatic carbocycles. The van der Waals surface area contributed by atoms with E-state index < -0.39 is 17.2 Å². The number of pyridine rings is 1. The number of aromatic nitrogens is 3. The third-order valence-electron chi connectivity index (χ3n) is 13.9. The van der Waals surface area contributed by atoms with Crippen molar-refractivity contribution in [2.24, 2.45) is 0 Å². The number of anilines is 3. The summed E-state index contributed by atoms with van der Waals surface area (Å²) in [4.78, 5) is 70.4. The molecule has 9 rings (SSSR count). The number of likely N-dealkylation sites (tertiary alicyclic amines) is 2. The van der Waals surface area contributed by atoms with Gasteiger partial charge in [-0.05, 0) is 146 Å². The average Bonchev–Trinajstić information content (AvgIpc) is 3.81. The zero-order valence-corrected chi connectivity index (χ0v) is 37.5. The molecule has 2 saturated heterocycles. The molecule has 334 valence electrons. The van der Waals surface area contributed by atoms with Crippen LogP contribution in [-0.2, 0) is 14.9 Å². The van der Waals surface area contributed by atoms with Gasteiger partial charge in [0, 0.05) is 59.6 Å². The molecule has 3 aliphatic heterocycles. The number of methoxy groups -OCH3 is 1. The second kappa shape index (κ2) is 17.1. The second-order valence-corrected chi connectivity index (χ2v) is 18.6. The third kappa shape index (κ3) is 7.69. The molecule has 1 saturated carbocycles. The molecule has 5 aromatic rings. The van der Waals surface area contributed by atoms with Gasteiger partial charge in [0.05, 0.1) is 41.3 Å². The quantitative estimate of drug-likeness (QED) is 0.133. The van der Waals surface area contributed by atoms with Gasteiger partial charge < -0.3 is 34.6 Å². The number of hydrogen-bond donors (Lipinski definition) is 2. The molecule has 4 aliphatic rings. The number of fused-ring (bicyclic) bond motifs is 3. The molecule has 3 amide bonds. The number of aryl methyl sites for hydroxylation is 1. The van der Waals surface area contributed by atoms with Gasteiger partial charge in [-0.3, -0.25) is 14.4 Å². The standard InChI is InChI=1S/C50H57FN8O5/c1-29(2)53-46(60)37-26-41(39(51)22-31(37)5)55-45-44-42(52-28-58(44)30(3)4)27-40(54-45)34-14-15-38-43(23-34)59(36-24-35(25-36)56-18-8-7-9-19-56)49(63)50(38)16-20-57(21-17-50)47(61)32-10-12-33(13-11-32)48(62)64-6/h10-15,22-23,26-30,35-36H,7-9,16-21,24-25H2,1-6H3,(H,53,60)(H,54,55). The minimum atomic E-state index is -0.793. The van der Waals surface area contributed by atoms with Gasteiger partial charge >= 0.3 is 5.97 Å². The summed E-state index contributed by atoms with van der Waals surface area (Å²) in [5.41, 5.74) is 5.64. The zero-order chi connectivity index (χ0) is 45.0. The lowest BCUT2D eigenvalue weighted by atomic mass is 9.73. The van der Waals surface area contributed by atoms with Gasteiger partial charge in [0.1, 0.15) is 11.3 Å². The Balaban J connectivity index is 1.07. The van der Waals surface area contributed by atoms with E-state index in [1.165, 1.54) is 38.5 Å². The number of benzene rings is 3. The Morgan fingerprint density at radius 2 is 1.58 bits per heavy atom. The Labute approximate surface area is 373 Å². The van der Waals surface area contributed by atoms with Crippen LogP contribution in [-0.4, -0.2) is 99.4 Å². The predicted molar refractivity (Wildman–Crippen MR) is 245 cm³/mol. The number of rotatable bonds is 10. The summed E-state index contributed by atoms with van der Waals surface area (Å²) in [7, 11) is 1.32. The first-order valence-corrected chi connectivity index (χ1v) is 22.7. The van der Waals surface area contributed by atoms with Gasteiger partial charge in [-0.15, -0.1) is 0 Å². The predicted octanol–water partition coefficient (Wildman–Crippen LogP) is 8.33. The molecule has 0 unspecified atom stereocenters. The maximum Gasteiger partial charge on any atom is 0.337 e. The van der Waals surface area contributed by atoms with Crippen molar-refractivity contribution < 1.29 is 28.3 Å². The van der Waals surface area contributed by atoms with E-state index in [1.54, 1.807) is 42.4 Å². The second-order valence-electron chi connectivity index (χ2n) is 18.6. The summed E-state index contributed by atoms with van der Waals surface area (Å²) < 4.78 is 22.6.